The average molecular weight is 452 g/mol. The third kappa shape index (κ3) is 11.0. The summed E-state index contributed by atoms with van der Waals surface area (Å²) in [6.07, 6.45) is 13.2. The van der Waals surface area contributed by atoms with E-state index in [4.69, 9.17) is 9.94 Å². The first-order valence-electron chi connectivity index (χ1n) is 12.1. The van der Waals surface area contributed by atoms with Gasteiger partial charge in [-0.2, -0.15) is 0 Å². The molecule has 1 N–H and O–H groups in total. The van der Waals surface area contributed by atoms with Gasteiger partial charge in [0.05, 0.1) is 0 Å². The van der Waals surface area contributed by atoms with Gasteiger partial charge in [0.2, 0.25) is 0 Å². The molecule has 5 nitrogen and oxygen atoms in total. The Bertz CT molecular complexity index is 863. The molecule has 178 valence electrons. The second kappa shape index (κ2) is 15.8. The number of hydroxylamine groups is 2. The number of carboxylic acids is 1. The number of unbranched alkanes of at least 4 members (excludes halogenated alkanes) is 6. The van der Waals surface area contributed by atoms with Gasteiger partial charge in [0.15, 0.2) is 0 Å². The molecule has 2 aromatic rings. The van der Waals surface area contributed by atoms with Crippen molar-refractivity contribution in [2.45, 2.75) is 71.3 Å². The van der Waals surface area contributed by atoms with E-state index in [1.165, 1.54) is 43.6 Å². The highest BCUT2D eigenvalue weighted by Gasteiger charge is 2.17. The van der Waals surface area contributed by atoms with Gasteiger partial charge in [0.1, 0.15) is 6.61 Å². The Morgan fingerprint density at radius 1 is 0.939 bits per heavy atom. The van der Waals surface area contributed by atoms with Gasteiger partial charge in [0, 0.05) is 18.5 Å². The van der Waals surface area contributed by atoms with Crippen molar-refractivity contribution >= 4 is 18.0 Å². The minimum absolute atomic E-state index is 0.0142. The van der Waals surface area contributed by atoms with E-state index >= 15 is 0 Å². The van der Waals surface area contributed by atoms with Crippen LogP contribution < -0.4 is 0 Å². The van der Waals surface area contributed by atoms with Crippen LogP contribution in [0.2, 0.25) is 0 Å². The van der Waals surface area contributed by atoms with E-state index in [0.717, 1.165) is 17.5 Å². The number of allylic oxidation sites excluding steroid dienone is 1. The molecule has 33 heavy (non-hydrogen) atoms. The number of carbonyl (C=O) groups is 2. The van der Waals surface area contributed by atoms with Crippen molar-refractivity contribution in [2.75, 3.05) is 6.54 Å². The lowest BCUT2D eigenvalue weighted by Crippen LogP contribution is -2.32. The molecule has 0 bridgehead atoms. The van der Waals surface area contributed by atoms with E-state index < -0.39 is 5.97 Å². The van der Waals surface area contributed by atoms with Gasteiger partial charge in [0.25, 0.3) is 5.91 Å². The minimum atomic E-state index is -0.886. The van der Waals surface area contributed by atoms with Crippen molar-refractivity contribution < 1.29 is 19.5 Å². The molecule has 0 heterocycles. The molecule has 0 saturated heterocycles. The van der Waals surface area contributed by atoms with Crippen LogP contribution in [0.3, 0.4) is 0 Å². The maximum absolute atomic E-state index is 13.1. The molecule has 0 unspecified atom stereocenters. The number of aliphatic carboxylic acids is 1. The van der Waals surface area contributed by atoms with Gasteiger partial charge in [-0.05, 0) is 42.5 Å². The van der Waals surface area contributed by atoms with Crippen LogP contribution in [0.25, 0.3) is 6.08 Å². The molecule has 0 radical (unpaired) electrons. The number of nitrogens with zero attached hydrogens (tertiary/aromatic N) is 1. The fourth-order valence-corrected chi connectivity index (χ4v) is 3.51. The van der Waals surface area contributed by atoms with Crippen LogP contribution in [-0.4, -0.2) is 28.6 Å². The highest BCUT2D eigenvalue weighted by molar-refractivity contribution is 5.94. The predicted octanol–water partition coefficient (Wildman–Crippen LogP) is 6.89. The van der Waals surface area contributed by atoms with E-state index in [2.05, 4.69) is 19.1 Å². The number of benzene rings is 2. The highest BCUT2D eigenvalue weighted by atomic mass is 16.7. The first kappa shape index (κ1) is 26.3. The van der Waals surface area contributed by atoms with Crippen LogP contribution in [0.4, 0.5) is 0 Å². The summed E-state index contributed by atoms with van der Waals surface area (Å²) in [5.41, 5.74) is 2.44. The Kier molecular flexibility index (Phi) is 12.6. The van der Waals surface area contributed by atoms with Crippen LogP contribution >= 0.6 is 0 Å². The summed E-state index contributed by atoms with van der Waals surface area (Å²) < 4.78 is 0. The van der Waals surface area contributed by atoms with Crippen LogP contribution in [0.1, 0.15) is 86.2 Å². The molecule has 0 aromatic heterocycles. The van der Waals surface area contributed by atoms with Crippen molar-refractivity contribution in [3.8, 4) is 0 Å². The lowest BCUT2D eigenvalue weighted by Gasteiger charge is -2.22. The van der Waals surface area contributed by atoms with Crippen LogP contribution in [0.5, 0.6) is 0 Å². The van der Waals surface area contributed by atoms with E-state index in [9.17, 15) is 9.59 Å². The third-order valence-corrected chi connectivity index (χ3v) is 5.38. The minimum Gasteiger partial charge on any atom is -0.481 e. The smallest absolute Gasteiger partial charge is 0.303 e. The Labute approximate surface area is 198 Å². The molecule has 0 aliphatic rings. The topological polar surface area (TPSA) is 66.8 Å². The van der Waals surface area contributed by atoms with Gasteiger partial charge >= 0.3 is 5.97 Å². The molecule has 0 spiro atoms. The molecule has 0 saturated carbocycles. The number of hydrogen-bond donors (Lipinski definition) is 1. The molecule has 5 heteroatoms. The van der Waals surface area contributed by atoms with Crippen LogP contribution in [0.15, 0.2) is 60.7 Å². The van der Waals surface area contributed by atoms with Crippen molar-refractivity contribution in [1.29, 1.82) is 0 Å². The summed E-state index contributed by atoms with van der Waals surface area (Å²) in [4.78, 5) is 29.8. The first-order chi connectivity index (χ1) is 16.1. The standard InChI is InChI=1S/C28H37NO4/c1-2-3-4-5-6-7-8-10-15-24-18-13-19-26(22-24)28(32)29(21-14-20-27(30)31)33-23-25-16-11-9-12-17-25/h9-13,15-19,22H,2-8,14,20-21,23H2,1H3,(H,30,31). The lowest BCUT2D eigenvalue weighted by atomic mass is 10.1. The molecular weight excluding hydrogens is 414 g/mol. The maximum Gasteiger partial charge on any atom is 0.303 e. The highest BCUT2D eigenvalue weighted by Crippen LogP contribution is 2.14. The quantitative estimate of drug-likeness (QED) is 0.223. The number of rotatable bonds is 16. The van der Waals surface area contributed by atoms with E-state index in [0.29, 0.717) is 12.0 Å². The Morgan fingerprint density at radius 3 is 2.45 bits per heavy atom. The van der Waals surface area contributed by atoms with Gasteiger partial charge in [-0.3, -0.25) is 14.4 Å². The molecular formula is C28H37NO4. The lowest BCUT2D eigenvalue weighted by molar-refractivity contribution is -0.142. The number of carboxylic acid groups (broad SMARTS) is 1. The Balaban J connectivity index is 1.94. The normalized spacial score (nSPS) is 11.1. The average Bonchev–Trinajstić information content (AvgIpc) is 2.83. The zero-order valence-corrected chi connectivity index (χ0v) is 19.7. The van der Waals surface area contributed by atoms with Crippen LogP contribution in [-0.2, 0) is 16.2 Å². The molecule has 0 aliphatic carbocycles. The molecule has 0 atom stereocenters. The summed E-state index contributed by atoms with van der Waals surface area (Å²) in [5, 5.41) is 10.2. The molecule has 0 aliphatic heterocycles. The largest absolute Gasteiger partial charge is 0.481 e. The Hall–Kier alpha value is -2.92. The second-order valence-electron chi connectivity index (χ2n) is 8.25. The fourth-order valence-electron chi connectivity index (χ4n) is 3.51. The van der Waals surface area contributed by atoms with Crippen molar-refractivity contribution in [2.24, 2.45) is 0 Å². The molecule has 0 fully saturated rings. The van der Waals surface area contributed by atoms with Gasteiger partial charge in [-0.1, -0.05) is 93.6 Å². The van der Waals surface area contributed by atoms with Gasteiger partial charge in [-0.25, -0.2) is 5.06 Å². The summed E-state index contributed by atoms with van der Waals surface area (Å²) in [5.74, 6) is -1.15. The van der Waals surface area contributed by atoms with E-state index in [1.54, 1.807) is 6.07 Å². The summed E-state index contributed by atoms with van der Waals surface area (Å²) in [6.45, 7) is 2.69. The third-order valence-electron chi connectivity index (χ3n) is 5.38. The van der Waals surface area contributed by atoms with E-state index in [-0.39, 0.29) is 25.5 Å². The number of hydrogen-bond acceptors (Lipinski definition) is 3. The Morgan fingerprint density at radius 2 is 1.70 bits per heavy atom. The van der Waals surface area contributed by atoms with E-state index in [1.807, 2.05) is 48.5 Å². The fraction of sp³-hybridized carbons (Fsp3) is 0.429. The molecule has 1 amide bonds. The summed E-state index contributed by atoms with van der Waals surface area (Å²) in [6, 6.07) is 17.1. The zero-order valence-electron chi connectivity index (χ0n) is 19.7. The summed E-state index contributed by atoms with van der Waals surface area (Å²) in [7, 11) is 0. The SMILES string of the molecule is CCCCCCCCC=Cc1cccc(C(=O)N(CCCC(=O)O)OCc2ccccc2)c1. The van der Waals surface area contributed by atoms with Crippen molar-refractivity contribution in [1.82, 2.24) is 5.06 Å². The molecule has 2 aromatic carbocycles. The zero-order chi connectivity index (χ0) is 23.7. The molecule has 2 rings (SSSR count). The van der Waals surface area contributed by atoms with Crippen molar-refractivity contribution in [3.05, 3.63) is 77.4 Å². The van der Waals surface area contributed by atoms with Gasteiger partial charge in [-0.15, -0.1) is 0 Å². The first-order valence-corrected chi connectivity index (χ1v) is 12.1. The maximum atomic E-state index is 13.1. The monoisotopic (exact) mass is 451 g/mol. The predicted molar refractivity (Wildman–Crippen MR) is 133 cm³/mol. The number of carbonyl (C=O) groups excluding carboxylic acids is 1. The van der Waals surface area contributed by atoms with Crippen molar-refractivity contribution in [3.63, 3.8) is 0 Å². The van der Waals surface area contributed by atoms with Crippen LogP contribution in [0, 0.1) is 0 Å². The number of amides is 1. The van der Waals surface area contributed by atoms with Gasteiger partial charge < -0.3 is 5.11 Å². The summed E-state index contributed by atoms with van der Waals surface area (Å²) >= 11 is 0. The second-order valence-corrected chi connectivity index (χ2v) is 8.25.